The molecular weight excluding hydrogens is 186 g/mol. The number of esters is 2. The predicted molar refractivity (Wildman–Crippen MR) is 46.3 cm³/mol. The van der Waals surface area contributed by atoms with E-state index in [0.29, 0.717) is 5.56 Å². The van der Waals surface area contributed by atoms with Crippen molar-refractivity contribution < 1.29 is 19.1 Å². The van der Waals surface area contributed by atoms with Gasteiger partial charge in [0.25, 0.3) is 0 Å². The maximum atomic E-state index is 11.2. The van der Waals surface area contributed by atoms with Gasteiger partial charge >= 0.3 is 11.9 Å². The Hall–Kier alpha value is -1.91. The van der Waals surface area contributed by atoms with Crippen molar-refractivity contribution in [3.05, 3.63) is 30.1 Å². The van der Waals surface area contributed by atoms with E-state index in [9.17, 15) is 9.59 Å². The van der Waals surface area contributed by atoms with Gasteiger partial charge in [-0.25, -0.2) is 4.79 Å². The summed E-state index contributed by atoms with van der Waals surface area (Å²) in [5.74, 6) is -1.04. The second-order valence-electron chi connectivity index (χ2n) is 2.42. The number of nitrogens with zero attached hydrogens (tertiary/aromatic N) is 1. The van der Waals surface area contributed by atoms with Crippen LogP contribution in [-0.2, 0) is 14.3 Å². The predicted octanol–water partition coefficient (Wildman–Crippen LogP) is 0.759. The van der Waals surface area contributed by atoms with Crippen molar-refractivity contribution in [3.63, 3.8) is 0 Å². The fourth-order valence-corrected chi connectivity index (χ4v) is 0.737. The molecule has 0 radical (unpaired) electrons. The summed E-state index contributed by atoms with van der Waals surface area (Å²) in [5, 5.41) is 0. The summed E-state index contributed by atoms with van der Waals surface area (Å²) in [6.45, 7) is 0.872. The highest BCUT2D eigenvalue weighted by molar-refractivity contribution is 5.89. The van der Waals surface area contributed by atoms with Crippen molar-refractivity contribution in [2.75, 3.05) is 6.79 Å². The number of hydrogen-bond acceptors (Lipinski definition) is 5. The fourth-order valence-electron chi connectivity index (χ4n) is 0.737. The van der Waals surface area contributed by atoms with Crippen LogP contribution in [0, 0.1) is 0 Å². The van der Waals surface area contributed by atoms with Crippen LogP contribution in [0.25, 0.3) is 0 Å². The Morgan fingerprint density at radius 1 is 1.29 bits per heavy atom. The molecule has 1 aromatic heterocycles. The molecule has 0 aliphatic heterocycles. The molecule has 14 heavy (non-hydrogen) atoms. The lowest BCUT2D eigenvalue weighted by Gasteiger charge is -2.03. The van der Waals surface area contributed by atoms with Crippen LogP contribution in [0.5, 0.6) is 0 Å². The third-order valence-electron chi connectivity index (χ3n) is 1.37. The van der Waals surface area contributed by atoms with Crippen molar-refractivity contribution in [2.45, 2.75) is 6.92 Å². The summed E-state index contributed by atoms with van der Waals surface area (Å²) >= 11 is 0. The number of carbonyl (C=O) groups excluding carboxylic acids is 2. The average molecular weight is 195 g/mol. The van der Waals surface area contributed by atoms with E-state index in [2.05, 4.69) is 14.5 Å². The van der Waals surface area contributed by atoms with E-state index in [1.807, 2.05) is 0 Å². The second kappa shape index (κ2) is 4.96. The molecule has 1 heterocycles. The monoisotopic (exact) mass is 195 g/mol. The maximum Gasteiger partial charge on any atom is 0.341 e. The van der Waals surface area contributed by atoms with Crippen LogP contribution < -0.4 is 0 Å². The third kappa shape index (κ3) is 3.22. The Morgan fingerprint density at radius 3 is 2.50 bits per heavy atom. The normalized spacial score (nSPS) is 9.21. The lowest BCUT2D eigenvalue weighted by Crippen LogP contribution is -2.10. The van der Waals surface area contributed by atoms with Gasteiger partial charge in [0.15, 0.2) is 0 Å². The molecular formula is C9H9NO4. The highest BCUT2D eigenvalue weighted by atomic mass is 16.7. The van der Waals surface area contributed by atoms with Crippen LogP contribution in [0.3, 0.4) is 0 Å². The number of pyridine rings is 1. The Kier molecular flexibility index (Phi) is 3.60. The minimum Gasteiger partial charge on any atom is -0.428 e. The quantitative estimate of drug-likeness (QED) is 0.526. The van der Waals surface area contributed by atoms with Crippen molar-refractivity contribution >= 4 is 11.9 Å². The molecule has 0 N–H and O–H groups in total. The summed E-state index contributed by atoms with van der Waals surface area (Å²) in [5.41, 5.74) is 0.368. The van der Waals surface area contributed by atoms with Gasteiger partial charge in [0.05, 0.1) is 5.56 Å². The first-order chi connectivity index (χ1) is 6.70. The lowest BCUT2D eigenvalue weighted by atomic mass is 10.3. The van der Waals surface area contributed by atoms with Gasteiger partial charge in [0.1, 0.15) is 0 Å². The third-order valence-corrected chi connectivity index (χ3v) is 1.37. The summed E-state index contributed by atoms with van der Waals surface area (Å²) in [6.07, 6.45) is 2.95. The van der Waals surface area contributed by atoms with Crippen molar-refractivity contribution in [1.29, 1.82) is 0 Å². The Labute approximate surface area is 80.7 Å². The summed E-state index contributed by atoms with van der Waals surface area (Å²) in [4.78, 5) is 25.3. The molecule has 0 spiro atoms. The molecule has 74 valence electrons. The Balaban J connectivity index is 2.40. The molecule has 1 aromatic rings. The molecule has 0 amide bonds. The van der Waals surface area contributed by atoms with E-state index < -0.39 is 11.9 Å². The molecule has 5 nitrogen and oxygen atoms in total. The van der Waals surface area contributed by atoms with Gasteiger partial charge in [-0.1, -0.05) is 0 Å². The molecule has 5 heteroatoms. The van der Waals surface area contributed by atoms with Crippen LogP contribution in [0.15, 0.2) is 24.5 Å². The van der Waals surface area contributed by atoms with E-state index in [1.165, 1.54) is 31.5 Å². The van der Waals surface area contributed by atoms with E-state index in [0.717, 1.165) is 0 Å². The van der Waals surface area contributed by atoms with Gasteiger partial charge in [-0.05, 0) is 12.1 Å². The molecule has 0 aliphatic carbocycles. The highest BCUT2D eigenvalue weighted by Crippen LogP contribution is 1.98. The topological polar surface area (TPSA) is 65.5 Å². The van der Waals surface area contributed by atoms with Gasteiger partial charge < -0.3 is 9.47 Å². The minimum absolute atomic E-state index is 0.365. The van der Waals surface area contributed by atoms with E-state index in [1.54, 1.807) is 0 Å². The van der Waals surface area contributed by atoms with Crippen LogP contribution in [-0.4, -0.2) is 23.7 Å². The Morgan fingerprint density at radius 2 is 1.93 bits per heavy atom. The van der Waals surface area contributed by atoms with E-state index in [4.69, 9.17) is 0 Å². The molecule has 0 saturated heterocycles. The van der Waals surface area contributed by atoms with Gasteiger partial charge in [0, 0.05) is 19.3 Å². The molecule has 0 fully saturated rings. The molecule has 0 saturated carbocycles. The summed E-state index contributed by atoms with van der Waals surface area (Å²) in [6, 6.07) is 3.02. The van der Waals surface area contributed by atoms with Gasteiger partial charge in [0.2, 0.25) is 6.79 Å². The molecule has 0 aliphatic rings. The zero-order valence-electron chi connectivity index (χ0n) is 7.60. The summed E-state index contributed by atoms with van der Waals surface area (Å²) < 4.78 is 9.07. The van der Waals surface area contributed by atoms with Crippen LogP contribution in [0.1, 0.15) is 17.3 Å². The first-order valence-corrected chi connectivity index (χ1v) is 3.90. The van der Waals surface area contributed by atoms with Gasteiger partial charge in [-0.15, -0.1) is 0 Å². The van der Waals surface area contributed by atoms with Crippen molar-refractivity contribution in [3.8, 4) is 0 Å². The SMILES string of the molecule is CC(=O)OCOC(=O)c1ccncc1. The zero-order chi connectivity index (χ0) is 10.4. The molecule has 0 bridgehead atoms. The first-order valence-electron chi connectivity index (χ1n) is 3.90. The standard InChI is InChI=1S/C9H9NO4/c1-7(11)13-6-14-9(12)8-2-4-10-5-3-8/h2-5H,6H2,1H3. The maximum absolute atomic E-state index is 11.2. The van der Waals surface area contributed by atoms with E-state index in [-0.39, 0.29) is 6.79 Å². The van der Waals surface area contributed by atoms with Crippen LogP contribution >= 0.6 is 0 Å². The lowest BCUT2D eigenvalue weighted by molar-refractivity contribution is -0.149. The largest absolute Gasteiger partial charge is 0.428 e. The molecule has 0 aromatic carbocycles. The van der Waals surface area contributed by atoms with E-state index >= 15 is 0 Å². The number of carbonyl (C=O) groups is 2. The Bertz CT molecular complexity index is 323. The van der Waals surface area contributed by atoms with Gasteiger partial charge in [-0.3, -0.25) is 9.78 Å². The van der Waals surface area contributed by atoms with Crippen LogP contribution in [0.4, 0.5) is 0 Å². The number of hydrogen-bond donors (Lipinski definition) is 0. The summed E-state index contributed by atoms with van der Waals surface area (Å²) in [7, 11) is 0. The van der Waals surface area contributed by atoms with Crippen LogP contribution in [0.2, 0.25) is 0 Å². The number of aromatic nitrogens is 1. The highest BCUT2D eigenvalue weighted by Gasteiger charge is 2.05. The molecule has 0 atom stereocenters. The van der Waals surface area contributed by atoms with Crippen molar-refractivity contribution in [1.82, 2.24) is 4.98 Å². The zero-order valence-corrected chi connectivity index (χ0v) is 7.60. The van der Waals surface area contributed by atoms with Gasteiger partial charge in [-0.2, -0.15) is 0 Å². The first kappa shape index (κ1) is 10.2. The second-order valence-corrected chi connectivity index (χ2v) is 2.42. The fraction of sp³-hybridized carbons (Fsp3) is 0.222. The minimum atomic E-state index is -0.548. The number of ether oxygens (including phenoxy) is 2. The van der Waals surface area contributed by atoms with Crippen molar-refractivity contribution in [2.24, 2.45) is 0 Å². The average Bonchev–Trinajstić information content (AvgIpc) is 2.18. The molecule has 1 rings (SSSR count). The molecule has 0 unspecified atom stereocenters. The number of rotatable bonds is 3. The smallest absolute Gasteiger partial charge is 0.341 e.